The molecule has 3 aromatic rings. The number of imidazole rings is 1. The molecule has 1 amide bonds. The number of hydrogen-bond donors (Lipinski definition) is 1. The number of halogens is 2. The van der Waals surface area contributed by atoms with Crippen molar-refractivity contribution in [2.24, 2.45) is 5.73 Å². The van der Waals surface area contributed by atoms with Gasteiger partial charge in [-0.2, -0.15) is 0 Å². The predicted molar refractivity (Wildman–Crippen MR) is 118 cm³/mol. The van der Waals surface area contributed by atoms with Crippen molar-refractivity contribution in [3.63, 3.8) is 0 Å². The molecule has 0 bridgehead atoms. The summed E-state index contributed by atoms with van der Waals surface area (Å²) < 4.78 is 2.12. The molecule has 150 valence electrons. The van der Waals surface area contributed by atoms with Crippen molar-refractivity contribution in [3.05, 3.63) is 59.9 Å². The zero-order chi connectivity index (χ0) is 18.1. The minimum atomic E-state index is 0. The molecule has 1 atom stereocenters. The van der Waals surface area contributed by atoms with Gasteiger partial charge in [-0.15, -0.1) is 24.8 Å². The second-order valence-electron chi connectivity index (χ2n) is 6.92. The van der Waals surface area contributed by atoms with E-state index in [2.05, 4.69) is 21.7 Å². The Balaban J connectivity index is 0.00000140. The first-order valence-electron chi connectivity index (χ1n) is 9.24. The van der Waals surface area contributed by atoms with Crippen molar-refractivity contribution < 1.29 is 4.79 Å². The van der Waals surface area contributed by atoms with Gasteiger partial charge in [0.25, 0.3) is 5.91 Å². The van der Waals surface area contributed by atoms with Gasteiger partial charge >= 0.3 is 0 Å². The third-order valence-electron chi connectivity index (χ3n) is 5.24. The van der Waals surface area contributed by atoms with E-state index in [0.29, 0.717) is 12.1 Å². The summed E-state index contributed by atoms with van der Waals surface area (Å²) in [6.45, 7) is 3.30. The molecule has 2 N–H and O–H groups in total. The first-order chi connectivity index (χ1) is 12.7. The van der Waals surface area contributed by atoms with E-state index in [1.165, 1.54) is 0 Å². The Labute approximate surface area is 177 Å². The molecule has 2 aromatic carbocycles. The van der Waals surface area contributed by atoms with Crippen LogP contribution in [0.4, 0.5) is 0 Å². The van der Waals surface area contributed by atoms with Gasteiger partial charge in [0, 0.05) is 30.4 Å². The van der Waals surface area contributed by atoms with Gasteiger partial charge in [-0.3, -0.25) is 9.36 Å². The van der Waals surface area contributed by atoms with Crippen LogP contribution in [-0.4, -0.2) is 39.5 Å². The molecule has 1 aliphatic heterocycles. The van der Waals surface area contributed by atoms with Crippen molar-refractivity contribution in [1.82, 2.24) is 14.5 Å². The topological polar surface area (TPSA) is 64.2 Å². The number of likely N-dealkylation sites (tertiary alicyclic amines) is 1. The average molecular weight is 421 g/mol. The number of nitrogens with two attached hydrogens (primary N) is 1. The summed E-state index contributed by atoms with van der Waals surface area (Å²) in [5.41, 5.74) is 9.50. The normalized spacial score (nSPS) is 16.4. The van der Waals surface area contributed by atoms with Crippen molar-refractivity contribution in [3.8, 4) is 5.69 Å². The molecule has 1 aliphatic rings. The van der Waals surface area contributed by atoms with E-state index in [4.69, 9.17) is 5.73 Å². The van der Waals surface area contributed by atoms with Crippen LogP contribution in [0.5, 0.6) is 0 Å². The van der Waals surface area contributed by atoms with Crippen LogP contribution in [-0.2, 0) is 0 Å². The van der Waals surface area contributed by atoms with Gasteiger partial charge in [-0.25, -0.2) is 4.98 Å². The summed E-state index contributed by atoms with van der Waals surface area (Å²) in [6.07, 6.45) is 3.18. The van der Waals surface area contributed by atoms with Gasteiger partial charge in [0.2, 0.25) is 0 Å². The lowest BCUT2D eigenvalue weighted by Gasteiger charge is -2.35. The number of rotatable bonds is 3. The molecule has 4 rings (SSSR count). The lowest BCUT2D eigenvalue weighted by Crippen LogP contribution is -2.47. The Hall–Kier alpha value is -2.08. The smallest absolute Gasteiger partial charge is 0.254 e. The van der Waals surface area contributed by atoms with E-state index in [9.17, 15) is 4.79 Å². The number of piperidine rings is 1. The molecule has 0 spiro atoms. The summed E-state index contributed by atoms with van der Waals surface area (Å²) in [5.74, 6) is 0.975. The van der Waals surface area contributed by atoms with Gasteiger partial charge in [-0.05, 0) is 56.5 Å². The van der Waals surface area contributed by atoms with Crippen LogP contribution in [0.15, 0.2) is 48.5 Å². The first kappa shape index (κ1) is 22.2. The van der Waals surface area contributed by atoms with Crippen molar-refractivity contribution in [2.45, 2.75) is 32.2 Å². The van der Waals surface area contributed by atoms with Crippen LogP contribution in [0, 0.1) is 6.92 Å². The molecule has 5 nitrogen and oxygen atoms in total. The molecular formula is C21H26Cl2N4O. The van der Waals surface area contributed by atoms with Crippen molar-refractivity contribution >= 4 is 41.8 Å². The Morgan fingerprint density at radius 2 is 1.89 bits per heavy atom. The van der Waals surface area contributed by atoms with E-state index in [1.807, 2.05) is 48.2 Å². The van der Waals surface area contributed by atoms with E-state index >= 15 is 0 Å². The number of aryl methyl sites for hydroxylation is 1. The molecule has 0 aliphatic carbocycles. The molecule has 1 saturated heterocycles. The SMILES string of the molecule is Cc1nc2cc(C(=O)N3CCCCC3CN)ccc2n1-c1ccccc1.Cl.Cl. The highest BCUT2D eigenvalue weighted by molar-refractivity contribution is 5.98. The highest BCUT2D eigenvalue weighted by Gasteiger charge is 2.26. The molecule has 2 heterocycles. The summed E-state index contributed by atoms with van der Waals surface area (Å²) in [6, 6.07) is 16.1. The Kier molecular flexibility index (Phi) is 7.47. The van der Waals surface area contributed by atoms with Crippen molar-refractivity contribution in [2.75, 3.05) is 13.1 Å². The number of amides is 1. The molecule has 28 heavy (non-hydrogen) atoms. The fraction of sp³-hybridized carbons (Fsp3) is 0.333. The monoisotopic (exact) mass is 420 g/mol. The Morgan fingerprint density at radius 1 is 1.14 bits per heavy atom. The first-order valence-corrected chi connectivity index (χ1v) is 9.24. The summed E-state index contributed by atoms with van der Waals surface area (Å²) in [4.78, 5) is 19.6. The zero-order valence-corrected chi connectivity index (χ0v) is 17.5. The quantitative estimate of drug-likeness (QED) is 0.692. The van der Waals surface area contributed by atoms with Gasteiger partial charge < -0.3 is 10.6 Å². The van der Waals surface area contributed by atoms with E-state index in [-0.39, 0.29) is 36.8 Å². The van der Waals surface area contributed by atoms with Crippen LogP contribution >= 0.6 is 24.8 Å². The number of benzene rings is 2. The molecule has 1 fully saturated rings. The van der Waals surface area contributed by atoms with Crippen LogP contribution in [0.25, 0.3) is 16.7 Å². The number of nitrogens with zero attached hydrogens (tertiary/aromatic N) is 3. The van der Waals surface area contributed by atoms with Gasteiger partial charge in [0.1, 0.15) is 5.82 Å². The maximum Gasteiger partial charge on any atom is 0.254 e. The maximum atomic E-state index is 13.0. The highest BCUT2D eigenvalue weighted by Crippen LogP contribution is 2.24. The average Bonchev–Trinajstić information content (AvgIpc) is 3.02. The second-order valence-corrected chi connectivity index (χ2v) is 6.92. The minimum Gasteiger partial charge on any atom is -0.334 e. The predicted octanol–water partition coefficient (Wildman–Crippen LogP) is 4.13. The fourth-order valence-corrected chi connectivity index (χ4v) is 3.92. The van der Waals surface area contributed by atoms with Crippen LogP contribution in [0.2, 0.25) is 0 Å². The van der Waals surface area contributed by atoms with Crippen LogP contribution in [0.1, 0.15) is 35.4 Å². The highest BCUT2D eigenvalue weighted by atomic mass is 35.5. The second kappa shape index (κ2) is 9.41. The molecule has 1 unspecified atom stereocenters. The standard InChI is InChI=1S/C21H24N4O.2ClH/c1-15-23-19-13-16(21(26)24-12-6-5-9-18(24)14-22)10-11-20(19)25(15)17-7-3-2-4-8-17;;/h2-4,7-8,10-11,13,18H,5-6,9,12,14,22H2,1H3;2*1H. The third kappa shape index (κ3) is 4.02. The number of carbonyl (C=O) groups is 1. The van der Waals surface area contributed by atoms with E-state index in [1.54, 1.807) is 0 Å². The number of para-hydroxylation sites is 1. The summed E-state index contributed by atoms with van der Waals surface area (Å²) in [7, 11) is 0. The lowest BCUT2D eigenvalue weighted by atomic mass is 10.0. The largest absolute Gasteiger partial charge is 0.334 e. The lowest BCUT2D eigenvalue weighted by molar-refractivity contribution is 0.0623. The Bertz CT molecular complexity index is 942. The van der Waals surface area contributed by atoms with Gasteiger partial charge in [0.05, 0.1) is 11.0 Å². The van der Waals surface area contributed by atoms with Crippen LogP contribution in [0.3, 0.4) is 0 Å². The number of hydrogen-bond acceptors (Lipinski definition) is 3. The van der Waals surface area contributed by atoms with Gasteiger partial charge in [0.15, 0.2) is 0 Å². The fourth-order valence-electron chi connectivity index (χ4n) is 3.92. The van der Waals surface area contributed by atoms with E-state index < -0.39 is 0 Å². The number of aromatic nitrogens is 2. The molecule has 1 aromatic heterocycles. The Morgan fingerprint density at radius 3 is 2.61 bits per heavy atom. The molecule has 0 saturated carbocycles. The summed E-state index contributed by atoms with van der Waals surface area (Å²) >= 11 is 0. The molecule has 7 heteroatoms. The summed E-state index contributed by atoms with van der Waals surface area (Å²) in [5, 5.41) is 0. The van der Waals surface area contributed by atoms with Crippen LogP contribution < -0.4 is 5.73 Å². The zero-order valence-electron chi connectivity index (χ0n) is 15.9. The van der Waals surface area contributed by atoms with Gasteiger partial charge in [-0.1, -0.05) is 18.2 Å². The molecule has 0 radical (unpaired) electrons. The number of carbonyl (C=O) groups excluding carboxylic acids is 1. The van der Waals surface area contributed by atoms with E-state index in [0.717, 1.165) is 48.4 Å². The number of fused-ring (bicyclic) bond motifs is 1. The maximum absolute atomic E-state index is 13.0. The van der Waals surface area contributed by atoms with Crippen molar-refractivity contribution in [1.29, 1.82) is 0 Å². The minimum absolute atomic E-state index is 0. The molecular weight excluding hydrogens is 395 g/mol. The third-order valence-corrected chi connectivity index (χ3v) is 5.24.